The summed E-state index contributed by atoms with van der Waals surface area (Å²) in [5.41, 5.74) is 1.63. The highest BCUT2D eigenvalue weighted by molar-refractivity contribution is 7.14. The first-order chi connectivity index (χ1) is 12.0. The van der Waals surface area contributed by atoms with Gasteiger partial charge in [-0.1, -0.05) is 29.3 Å². The molecule has 0 aliphatic rings. The van der Waals surface area contributed by atoms with Crippen molar-refractivity contribution in [2.24, 2.45) is 0 Å². The van der Waals surface area contributed by atoms with E-state index in [0.29, 0.717) is 15.9 Å². The van der Waals surface area contributed by atoms with Crippen LogP contribution in [0.15, 0.2) is 48.1 Å². The van der Waals surface area contributed by atoms with Crippen LogP contribution in [0.4, 0.5) is 5.13 Å². The number of carbonyl (C=O) groups excluding carboxylic acids is 1. The minimum absolute atomic E-state index is 0.275. The number of nitrogens with zero attached hydrogens (tertiary/aromatic N) is 2. The Morgan fingerprint density at radius 3 is 2.88 bits per heavy atom. The second kappa shape index (κ2) is 7.82. The molecule has 2 heterocycles. The number of halogens is 2. The molecule has 0 bridgehead atoms. The molecule has 0 spiro atoms. The van der Waals surface area contributed by atoms with E-state index in [9.17, 15) is 4.79 Å². The zero-order valence-electron chi connectivity index (χ0n) is 13.1. The number of amides is 1. The first-order valence-corrected chi connectivity index (χ1v) is 8.95. The molecule has 0 fully saturated rings. The Bertz CT molecular complexity index is 887. The molecule has 1 atom stereocenters. The molecule has 1 N–H and O–H groups in total. The van der Waals surface area contributed by atoms with Gasteiger partial charge in [-0.3, -0.25) is 15.1 Å². The third kappa shape index (κ3) is 4.28. The van der Waals surface area contributed by atoms with Crippen LogP contribution in [0.3, 0.4) is 0 Å². The van der Waals surface area contributed by atoms with Crippen LogP contribution >= 0.6 is 34.5 Å². The average Bonchev–Trinajstić information content (AvgIpc) is 3.08. The number of pyridine rings is 1. The van der Waals surface area contributed by atoms with Crippen LogP contribution in [-0.4, -0.2) is 22.0 Å². The molecular weight excluding hydrogens is 381 g/mol. The third-order valence-corrected chi connectivity index (χ3v) is 4.84. The minimum Gasteiger partial charge on any atom is -0.479 e. The van der Waals surface area contributed by atoms with Gasteiger partial charge in [-0.25, -0.2) is 4.98 Å². The van der Waals surface area contributed by atoms with E-state index in [4.69, 9.17) is 27.9 Å². The van der Waals surface area contributed by atoms with Gasteiger partial charge in [-0.05, 0) is 31.2 Å². The van der Waals surface area contributed by atoms with Crippen molar-refractivity contribution in [3.8, 4) is 17.0 Å². The normalized spacial score (nSPS) is 11.8. The van der Waals surface area contributed by atoms with Gasteiger partial charge in [0.25, 0.3) is 5.91 Å². The van der Waals surface area contributed by atoms with Gasteiger partial charge in [0.15, 0.2) is 11.2 Å². The topological polar surface area (TPSA) is 64.1 Å². The van der Waals surface area contributed by atoms with Gasteiger partial charge in [0, 0.05) is 23.3 Å². The highest BCUT2D eigenvalue weighted by Gasteiger charge is 2.18. The summed E-state index contributed by atoms with van der Waals surface area (Å²) in [7, 11) is 0. The van der Waals surface area contributed by atoms with Crippen molar-refractivity contribution < 1.29 is 9.53 Å². The van der Waals surface area contributed by atoms with E-state index in [2.05, 4.69) is 15.3 Å². The average molecular weight is 394 g/mol. The molecule has 25 heavy (non-hydrogen) atoms. The molecule has 0 radical (unpaired) electrons. The first-order valence-electron chi connectivity index (χ1n) is 7.32. The molecule has 128 valence electrons. The van der Waals surface area contributed by atoms with E-state index in [0.717, 1.165) is 11.3 Å². The molecule has 3 aromatic rings. The largest absolute Gasteiger partial charge is 0.479 e. The van der Waals surface area contributed by atoms with Crippen molar-refractivity contribution in [3.63, 3.8) is 0 Å². The number of carbonyl (C=O) groups is 1. The molecule has 8 heteroatoms. The van der Waals surface area contributed by atoms with Crippen LogP contribution in [0.25, 0.3) is 11.3 Å². The van der Waals surface area contributed by atoms with Crippen LogP contribution in [0, 0.1) is 0 Å². The maximum atomic E-state index is 12.3. The highest BCUT2D eigenvalue weighted by Crippen LogP contribution is 2.32. The molecule has 2 aromatic heterocycles. The summed E-state index contributed by atoms with van der Waals surface area (Å²) in [6.07, 6.45) is 2.65. The van der Waals surface area contributed by atoms with Crippen LogP contribution in [0.1, 0.15) is 6.92 Å². The second-order valence-electron chi connectivity index (χ2n) is 5.08. The number of thiazole rings is 1. The number of benzene rings is 1. The van der Waals surface area contributed by atoms with Gasteiger partial charge in [-0.15, -0.1) is 11.3 Å². The van der Waals surface area contributed by atoms with Gasteiger partial charge in [-0.2, -0.15) is 0 Å². The van der Waals surface area contributed by atoms with Crippen molar-refractivity contribution in [3.05, 3.63) is 58.2 Å². The van der Waals surface area contributed by atoms with Gasteiger partial charge in [0.2, 0.25) is 0 Å². The molecule has 0 unspecified atom stereocenters. The maximum Gasteiger partial charge on any atom is 0.266 e. The molecular formula is C17H13Cl2N3O2S. The Morgan fingerprint density at radius 1 is 1.28 bits per heavy atom. The molecule has 1 amide bonds. The number of anilines is 1. The number of aromatic nitrogens is 2. The summed E-state index contributed by atoms with van der Waals surface area (Å²) in [5, 5.41) is 5.71. The predicted octanol–water partition coefficient (Wildman–Crippen LogP) is 4.92. The van der Waals surface area contributed by atoms with E-state index in [-0.39, 0.29) is 10.9 Å². The zero-order chi connectivity index (χ0) is 17.8. The summed E-state index contributed by atoms with van der Waals surface area (Å²) in [4.78, 5) is 20.7. The molecule has 0 saturated heterocycles. The first kappa shape index (κ1) is 17.7. The Labute approximate surface area is 158 Å². The number of ether oxygens (including phenoxy) is 1. The lowest BCUT2D eigenvalue weighted by Gasteiger charge is -2.15. The van der Waals surface area contributed by atoms with Crippen molar-refractivity contribution >= 4 is 45.6 Å². The van der Waals surface area contributed by atoms with Gasteiger partial charge in [0.05, 0.1) is 10.7 Å². The quantitative estimate of drug-likeness (QED) is 0.667. The van der Waals surface area contributed by atoms with E-state index in [1.54, 1.807) is 37.5 Å². The molecule has 0 aliphatic heterocycles. The third-order valence-electron chi connectivity index (χ3n) is 3.28. The van der Waals surface area contributed by atoms with Crippen LogP contribution in [0.5, 0.6) is 5.75 Å². The fraction of sp³-hybridized carbons (Fsp3) is 0.118. The van der Waals surface area contributed by atoms with Crippen LogP contribution in [-0.2, 0) is 4.79 Å². The van der Waals surface area contributed by atoms with E-state index >= 15 is 0 Å². The van der Waals surface area contributed by atoms with Crippen LogP contribution in [0.2, 0.25) is 10.0 Å². The van der Waals surface area contributed by atoms with Crippen molar-refractivity contribution in [2.45, 2.75) is 13.0 Å². The fourth-order valence-electron chi connectivity index (χ4n) is 2.00. The van der Waals surface area contributed by atoms with E-state index < -0.39 is 6.10 Å². The Kier molecular flexibility index (Phi) is 5.53. The predicted molar refractivity (Wildman–Crippen MR) is 101 cm³/mol. The number of nitrogens with one attached hydrogen (secondary N) is 1. The van der Waals surface area contributed by atoms with Crippen molar-refractivity contribution in [2.75, 3.05) is 5.32 Å². The minimum atomic E-state index is -0.762. The van der Waals surface area contributed by atoms with E-state index in [1.165, 1.54) is 11.3 Å². The number of hydrogen-bond donors (Lipinski definition) is 1. The van der Waals surface area contributed by atoms with Crippen molar-refractivity contribution in [1.29, 1.82) is 0 Å². The molecule has 5 nitrogen and oxygen atoms in total. The van der Waals surface area contributed by atoms with Gasteiger partial charge in [0.1, 0.15) is 10.8 Å². The fourth-order valence-corrected chi connectivity index (χ4v) is 3.06. The standard InChI is InChI=1S/C17H13Cl2N3O2S/c1-10(24-14-6-2-5-12(18)15(14)19)16(23)22-17-21-13(9-25-17)11-4-3-7-20-8-11/h2-10H,1H3,(H,21,22,23)/t10-/m1/s1. The SMILES string of the molecule is C[C@@H](Oc1cccc(Cl)c1Cl)C(=O)Nc1nc(-c2cccnc2)cs1. The molecule has 0 aliphatic carbocycles. The van der Waals surface area contributed by atoms with Crippen molar-refractivity contribution in [1.82, 2.24) is 9.97 Å². The Balaban J connectivity index is 1.66. The smallest absolute Gasteiger partial charge is 0.266 e. The summed E-state index contributed by atoms with van der Waals surface area (Å²) in [5.74, 6) is 0.0233. The summed E-state index contributed by atoms with van der Waals surface area (Å²) >= 11 is 13.3. The maximum absolute atomic E-state index is 12.3. The summed E-state index contributed by atoms with van der Waals surface area (Å²) < 4.78 is 5.59. The summed E-state index contributed by atoms with van der Waals surface area (Å²) in [6.45, 7) is 1.63. The number of hydrogen-bond acceptors (Lipinski definition) is 5. The molecule has 3 rings (SSSR count). The van der Waals surface area contributed by atoms with E-state index in [1.807, 2.05) is 17.5 Å². The zero-order valence-corrected chi connectivity index (χ0v) is 15.4. The Morgan fingerprint density at radius 2 is 2.12 bits per heavy atom. The Hall–Kier alpha value is -2.15. The highest BCUT2D eigenvalue weighted by atomic mass is 35.5. The molecule has 1 aromatic carbocycles. The number of rotatable bonds is 5. The monoisotopic (exact) mass is 393 g/mol. The lowest BCUT2D eigenvalue weighted by molar-refractivity contribution is -0.122. The lowest BCUT2D eigenvalue weighted by atomic mass is 10.2. The van der Waals surface area contributed by atoms with Gasteiger partial charge < -0.3 is 4.74 Å². The second-order valence-corrected chi connectivity index (χ2v) is 6.72. The molecule has 0 saturated carbocycles. The van der Waals surface area contributed by atoms with Gasteiger partial charge >= 0.3 is 0 Å². The van der Waals surface area contributed by atoms with Crippen LogP contribution < -0.4 is 10.1 Å². The lowest BCUT2D eigenvalue weighted by Crippen LogP contribution is -2.30. The summed E-state index contributed by atoms with van der Waals surface area (Å²) in [6, 6.07) is 8.74.